The molecule has 0 unspecified atom stereocenters. The second-order valence-corrected chi connectivity index (χ2v) is 7.31. The summed E-state index contributed by atoms with van der Waals surface area (Å²) in [6.07, 6.45) is 1.95. The number of nitrogens with one attached hydrogen (secondary N) is 1. The highest BCUT2D eigenvalue weighted by Crippen LogP contribution is 2.30. The largest absolute Gasteiger partial charge is 0.497 e. The van der Waals surface area contributed by atoms with Crippen LogP contribution in [0.2, 0.25) is 0 Å². The van der Waals surface area contributed by atoms with Gasteiger partial charge in [0.05, 0.1) is 20.3 Å². The van der Waals surface area contributed by atoms with Gasteiger partial charge >= 0.3 is 0 Å². The average Bonchev–Trinajstić information content (AvgIpc) is 3.18. The van der Waals surface area contributed by atoms with Crippen molar-refractivity contribution in [3.8, 4) is 16.9 Å². The van der Waals surface area contributed by atoms with Crippen LogP contribution in [-0.4, -0.2) is 49.1 Å². The van der Waals surface area contributed by atoms with Crippen molar-refractivity contribution < 1.29 is 14.3 Å². The first-order valence-corrected chi connectivity index (χ1v) is 10.0. The summed E-state index contributed by atoms with van der Waals surface area (Å²) in [5.74, 6) is 1.44. The standard InChI is InChI=1S/C23H26N4O3/c1-17-6-8-18(9-7-17)21-15-27(25-23(21)26-10-12-30-13-11-26)16-22(28)24-19-4-3-5-20(14-19)29-2/h3-9,14-15H,10-13,16H2,1-2H3,(H,24,28). The minimum absolute atomic E-state index is 0.125. The molecule has 1 aliphatic rings. The lowest BCUT2D eigenvalue weighted by Gasteiger charge is -2.27. The van der Waals surface area contributed by atoms with E-state index in [0.717, 1.165) is 30.0 Å². The number of amides is 1. The topological polar surface area (TPSA) is 68.6 Å². The van der Waals surface area contributed by atoms with E-state index in [4.69, 9.17) is 14.6 Å². The minimum atomic E-state index is -0.144. The molecule has 156 valence electrons. The molecule has 0 saturated carbocycles. The van der Waals surface area contributed by atoms with Crippen molar-refractivity contribution in [2.24, 2.45) is 0 Å². The molecule has 1 aromatic heterocycles. The van der Waals surface area contributed by atoms with Gasteiger partial charge in [-0.3, -0.25) is 9.48 Å². The van der Waals surface area contributed by atoms with E-state index in [-0.39, 0.29) is 12.5 Å². The molecule has 4 rings (SSSR count). The van der Waals surface area contributed by atoms with E-state index >= 15 is 0 Å². The number of morpholine rings is 1. The number of nitrogens with zero attached hydrogens (tertiary/aromatic N) is 3. The van der Waals surface area contributed by atoms with Crippen LogP contribution < -0.4 is 15.0 Å². The lowest BCUT2D eigenvalue weighted by Crippen LogP contribution is -2.36. The van der Waals surface area contributed by atoms with Crippen LogP contribution in [0.25, 0.3) is 11.1 Å². The number of anilines is 2. The van der Waals surface area contributed by atoms with Crippen molar-refractivity contribution in [2.45, 2.75) is 13.5 Å². The van der Waals surface area contributed by atoms with E-state index in [1.54, 1.807) is 17.9 Å². The molecule has 2 heterocycles. The molecule has 0 bridgehead atoms. The van der Waals surface area contributed by atoms with Crippen LogP contribution in [0.15, 0.2) is 54.7 Å². The molecular formula is C23H26N4O3. The zero-order valence-corrected chi connectivity index (χ0v) is 17.3. The van der Waals surface area contributed by atoms with Crippen molar-refractivity contribution in [2.75, 3.05) is 43.6 Å². The number of hydrogen-bond donors (Lipinski definition) is 1. The predicted octanol–water partition coefficient (Wildman–Crippen LogP) is 3.34. The van der Waals surface area contributed by atoms with E-state index in [1.807, 2.05) is 24.4 Å². The number of aromatic nitrogens is 2. The summed E-state index contributed by atoms with van der Waals surface area (Å²) < 4.78 is 12.4. The molecule has 0 aliphatic carbocycles. The Morgan fingerprint density at radius 3 is 2.67 bits per heavy atom. The lowest BCUT2D eigenvalue weighted by atomic mass is 10.1. The lowest BCUT2D eigenvalue weighted by molar-refractivity contribution is -0.116. The maximum atomic E-state index is 12.6. The first kappa shape index (κ1) is 20.0. The molecule has 7 nitrogen and oxygen atoms in total. The first-order valence-electron chi connectivity index (χ1n) is 10.0. The van der Waals surface area contributed by atoms with Gasteiger partial charge in [-0.05, 0) is 24.6 Å². The number of rotatable bonds is 6. The number of methoxy groups -OCH3 is 1. The van der Waals surface area contributed by atoms with Gasteiger partial charge in [0.25, 0.3) is 0 Å². The van der Waals surface area contributed by atoms with E-state index in [9.17, 15) is 4.79 Å². The number of carbonyl (C=O) groups is 1. The Hall–Kier alpha value is -3.32. The van der Waals surface area contributed by atoms with Gasteiger partial charge in [-0.15, -0.1) is 0 Å². The molecule has 3 aromatic rings. The van der Waals surface area contributed by atoms with Crippen molar-refractivity contribution in [1.82, 2.24) is 9.78 Å². The van der Waals surface area contributed by atoms with Crippen LogP contribution in [0.4, 0.5) is 11.5 Å². The molecule has 7 heteroatoms. The van der Waals surface area contributed by atoms with E-state index in [0.29, 0.717) is 24.7 Å². The Bertz CT molecular complexity index is 1010. The van der Waals surface area contributed by atoms with Gasteiger partial charge in [0.15, 0.2) is 5.82 Å². The van der Waals surface area contributed by atoms with E-state index in [2.05, 4.69) is 41.4 Å². The van der Waals surface area contributed by atoms with Gasteiger partial charge in [-0.2, -0.15) is 5.10 Å². The molecule has 2 aromatic carbocycles. The third-order valence-electron chi connectivity index (χ3n) is 5.07. The Labute approximate surface area is 176 Å². The second kappa shape index (κ2) is 9.00. The van der Waals surface area contributed by atoms with Crippen LogP contribution in [0, 0.1) is 6.92 Å². The van der Waals surface area contributed by atoms with Gasteiger partial charge in [-0.25, -0.2) is 0 Å². The summed E-state index contributed by atoms with van der Waals surface area (Å²) in [6.45, 7) is 5.12. The fraction of sp³-hybridized carbons (Fsp3) is 0.304. The van der Waals surface area contributed by atoms with E-state index in [1.165, 1.54) is 5.56 Å². The van der Waals surface area contributed by atoms with Crippen LogP contribution in [0.5, 0.6) is 5.75 Å². The molecule has 0 radical (unpaired) electrons. The number of aryl methyl sites for hydroxylation is 1. The van der Waals surface area contributed by atoms with Gasteiger partial charge in [0.1, 0.15) is 12.3 Å². The fourth-order valence-corrected chi connectivity index (χ4v) is 3.49. The Balaban J connectivity index is 1.56. The fourth-order valence-electron chi connectivity index (χ4n) is 3.49. The van der Waals surface area contributed by atoms with Gasteiger partial charge < -0.3 is 19.7 Å². The van der Waals surface area contributed by atoms with Gasteiger partial charge in [0, 0.05) is 36.6 Å². The van der Waals surface area contributed by atoms with Gasteiger partial charge in [0.2, 0.25) is 5.91 Å². The quantitative estimate of drug-likeness (QED) is 0.680. The molecule has 1 N–H and O–H groups in total. The third kappa shape index (κ3) is 4.63. The highest BCUT2D eigenvalue weighted by atomic mass is 16.5. The van der Waals surface area contributed by atoms with Crippen LogP contribution in [0.1, 0.15) is 5.56 Å². The Morgan fingerprint density at radius 2 is 1.93 bits per heavy atom. The van der Waals surface area contributed by atoms with Crippen molar-refractivity contribution in [1.29, 1.82) is 0 Å². The summed E-state index contributed by atoms with van der Waals surface area (Å²) in [7, 11) is 1.60. The molecule has 0 spiro atoms. The Kier molecular flexibility index (Phi) is 5.99. The number of benzene rings is 2. The zero-order chi connectivity index (χ0) is 20.9. The van der Waals surface area contributed by atoms with E-state index < -0.39 is 0 Å². The highest BCUT2D eigenvalue weighted by molar-refractivity contribution is 5.91. The normalized spacial score (nSPS) is 13.9. The number of carbonyl (C=O) groups excluding carboxylic acids is 1. The average molecular weight is 406 g/mol. The summed E-state index contributed by atoms with van der Waals surface area (Å²) >= 11 is 0. The number of hydrogen-bond acceptors (Lipinski definition) is 5. The van der Waals surface area contributed by atoms with Crippen molar-refractivity contribution >= 4 is 17.4 Å². The molecule has 30 heavy (non-hydrogen) atoms. The molecule has 1 aliphatic heterocycles. The molecular weight excluding hydrogens is 380 g/mol. The second-order valence-electron chi connectivity index (χ2n) is 7.31. The molecule has 1 amide bonds. The summed E-state index contributed by atoms with van der Waals surface area (Å²) in [5.41, 5.74) is 4.00. The van der Waals surface area contributed by atoms with Crippen molar-refractivity contribution in [3.63, 3.8) is 0 Å². The summed E-state index contributed by atoms with van der Waals surface area (Å²) in [5, 5.41) is 7.66. The molecule has 1 fully saturated rings. The Morgan fingerprint density at radius 1 is 1.17 bits per heavy atom. The van der Waals surface area contributed by atoms with Crippen molar-refractivity contribution in [3.05, 3.63) is 60.3 Å². The van der Waals surface area contributed by atoms with Crippen LogP contribution in [0.3, 0.4) is 0 Å². The summed E-state index contributed by atoms with van der Waals surface area (Å²) in [4.78, 5) is 14.8. The summed E-state index contributed by atoms with van der Waals surface area (Å²) in [6, 6.07) is 15.7. The number of ether oxygens (including phenoxy) is 2. The van der Waals surface area contributed by atoms with Crippen LogP contribution in [-0.2, 0) is 16.1 Å². The van der Waals surface area contributed by atoms with Gasteiger partial charge in [-0.1, -0.05) is 35.9 Å². The van der Waals surface area contributed by atoms with Crippen LogP contribution >= 0.6 is 0 Å². The molecule has 0 atom stereocenters. The maximum absolute atomic E-state index is 12.6. The zero-order valence-electron chi connectivity index (χ0n) is 17.3. The minimum Gasteiger partial charge on any atom is -0.497 e. The molecule has 1 saturated heterocycles. The maximum Gasteiger partial charge on any atom is 0.246 e. The first-order chi connectivity index (χ1) is 14.6. The monoisotopic (exact) mass is 406 g/mol. The highest BCUT2D eigenvalue weighted by Gasteiger charge is 2.20. The smallest absolute Gasteiger partial charge is 0.246 e. The SMILES string of the molecule is COc1cccc(NC(=O)Cn2cc(-c3ccc(C)cc3)c(N3CCOCC3)n2)c1. The predicted molar refractivity (Wildman–Crippen MR) is 117 cm³/mol. The third-order valence-corrected chi connectivity index (χ3v) is 5.07.